The van der Waals surface area contributed by atoms with Crippen LogP contribution in [0.1, 0.15) is 51.7 Å². The molecule has 1 atom stereocenters. The monoisotopic (exact) mass is 310 g/mol. The van der Waals surface area contributed by atoms with Crippen LogP contribution in [0, 0.1) is 5.41 Å². The van der Waals surface area contributed by atoms with Crippen molar-refractivity contribution in [2.45, 2.75) is 51.8 Å². The van der Waals surface area contributed by atoms with Crippen LogP contribution in [-0.4, -0.2) is 10.6 Å². The van der Waals surface area contributed by atoms with Crippen LogP contribution >= 0.6 is 15.9 Å². The summed E-state index contributed by atoms with van der Waals surface area (Å²) >= 11 is 3.53. The van der Waals surface area contributed by atoms with Gasteiger partial charge in [-0.3, -0.25) is 4.79 Å². The zero-order valence-corrected chi connectivity index (χ0v) is 13.5. The molecule has 0 N–H and O–H groups in total. The molecule has 18 heavy (non-hydrogen) atoms. The summed E-state index contributed by atoms with van der Waals surface area (Å²) in [6.45, 7) is 10.3. The average molecular weight is 311 g/mol. The summed E-state index contributed by atoms with van der Waals surface area (Å²) in [5.74, 6) is 0.787. The van der Waals surface area contributed by atoms with Crippen LogP contribution in [0.5, 0.6) is 0 Å². The van der Waals surface area contributed by atoms with Gasteiger partial charge in [-0.1, -0.05) is 74.8 Å². The highest BCUT2D eigenvalue weighted by molar-refractivity contribution is 9.10. The number of halogens is 1. The van der Waals surface area contributed by atoms with Crippen LogP contribution in [0.4, 0.5) is 0 Å². The Kier molecular flexibility index (Phi) is 5.15. The fourth-order valence-electron chi connectivity index (χ4n) is 1.85. The standard InChI is InChI=1S/C16H23BrO/c1-11(2)13-8-6-7-12(9-13)10-14(17)15(18)16(3,4)5/h6-9,11,14H,10H2,1-5H3. The minimum Gasteiger partial charge on any atom is -0.298 e. The molecule has 1 nitrogen and oxygen atoms in total. The topological polar surface area (TPSA) is 17.1 Å². The predicted octanol–water partition coefficient (Wildman–Crippen LogP) is 4.73. The highest BCUT2D eigenvalue weighted by atomic mass is 79.9. The van der Waals surface area contributed by atoms with Crippen molar-refractivity contribution in [3.8, 4) is 0 Å². The molecule has 0 aliphatic rings. The van der Waals surface area contributed by atoms with E-state index < -0.39 is 0 Å². The first kappa shape index (κ1) is 15.4. The maximum atomic E-state index is 12.1. The number of hydrogen-bond acceptors (Lipinski definition) is 1. The van der Waals surface area contributed by atoms with Crippen molar-refractivity contribution in [1.82, 2.24) is 0 Å². The van der Waals surface area contributed by atoms with Gasteiger partial charge >= 0.3 is 0 Å². The van der Waals surface area contributed by atoms with E-state index in [0.717, 1.165) is 6.42 Å². The van der Waals surface area contributed by atoms with Crippen molar-refractivity contribution in [3.05, 3.63) is 35.4 Å². The number of rotatable bonds is 4. The maximum Gasteiger partial charge on any atom is 0.152 e. The summed E-state index contributed by atoms with van der Waals surface area (Å²) in [6.07, 6.45) is 0.761. The summed E-state index contributed by atoms with van der Waals surface area (Å²) in [6, 6.07) is 8.51. The van der Waals surface area contributed by atoms with Gasteiger partial charge in [-0.25, -0.2) is 0 Å². The normalized spacial score (nSPS) is 13.7. The number of benzene rings is 1. The molecule has 0 amide bonds. The second-order valence-corrected chi connectivity index (χ2v) is 7.29. The largest absolute Gasteiger partial charge is 0.298 e. The van der Waals surface area contributed by atoms with E-state index in [1.165, 1.54) is 11.1 Å². The molecule has 0 fully saturated rings. The Bertz CT molecular complexity index is 415. The molecule has 0 heterocycles. The van der Waals surface area contributed by atoms with Crippen LogP contribution < -0.4 is 0 Å². The minimum absolute atomic E-state index is 0.0973. The van der Waals surface area contributed by atoms with Gasteiger partial charge in [0, 0.05) is 5.41 Å². The van der Waals surface area contributed by atoms with Crippen molar-refractivity contribution in [2.24, 2.45) is 5.41 Å². The van der Waals surface area contributed by atoms with Gasteiger partial charge in [-0.2, -0.15) is 0 Å². The van der Waals surface area contributed by atoms with E-state index in [4.69, 9.17) is 0 Å². The molecule has 1 aromatic rings. The van der Waals surface area contributed by atoms with Gasteiger partial charge in [0.15, 0.2) is 5.78 Å². The molecule has 1 aromatic carbocycles. The van der Waals surface area contributed by atoms with Gasteiger partial charge in [0.2, 0.25) is 0 Å². The Morgan fingerprint density at radius 1 is 1.28 bits per heavy atom. The second kappa shape index (κ2) is 6.01. The molecule has 0 saturated heterocycles. The van der Waals surface area contributed by atoms with Gasteiger partial charge in [-0.15, -0.1) is 0 Å². The van der Waals surface area contributed by atoms with Gasteiger partial charge < -0.3 is 0 Å². The number of hydrogen-bond donors (Lipinski definition) is 0. The SMILES string of the molecule is CC(C)c1cccc(CC(Br)C(=O)C(C)(C)C)c1. The van der Waals surface area contributed by atoms with Gasteiger partial charge in [-0.05, 0) is 23.5 Å². The lowest BCUT2D eigenvalue weighted by molar-refractivity contribution is -0.125. The molecule has 0 bridgehead atoms. The molecule has 0 radical (unpaired) electrons. The number of alkyl halides is 1. The fraction of sp³-hybridized carbons (Fsp3) is 0.562. The van der Waals surface area contributed by atoms with Crippen molar-refractivity contribution >= 4 is 21.7 Å². The Morgan fingerprint density at radius 3 is 2.39 bits per heavy atom. The Morgan fingerprint density at radius 2 is 1.89 bits per heavy atom. The van der Waals surface area contributed by atoms with E-state index >= 15 is 0 Å². The summed E-state index contributed by atoms with van der Waals surface area (Å²) in [5, 5.41) is 0. The molecule has 0 spiro atoms. The lowest BCUT2D eigenvalue weighted by atomic mass is 9.87. The number of Topliss-reactive ketones (excluding diaryl/α,β-unsaturated/α-hetero) is 1. The maximum absolute atomic E-state index is 12.1. The summed E-state index contributed by atoms with van der Waals surface area (Å²) in [7, 11) is 0. The third-order valence-electron chi connectivity index (χ3n) is 3.06. The lowest BCUT2D eigenvalue weighted by Crippen LogP contribution is -2.30. The predicted molar refractivity (Wildman–Crippen MR) is 81.4 cm³/mol. The third-order valence-corrected chi connectivity index (χ3v) is 3.80. The molecular weight excluding hydrogens is 288 g/mol. The first-order valence-corrected chi connectivity index (χ1v) is 7.40. The van der Waals surface area contributed by atoms with E-state index in [2.05, 4.69) is 54.0 Å². The highest BCUT2D eigenvalue weighted by Crippen LogP contribution is 2.24. The lowest BCUT2D eigenvalue weighted by Gasteiger charge is -2.21. The van der Waals surface area contributed by atoms with E-state index in [0.29, 0.717) is 5.92 Å². The zero-order valence-electron chi connectivity index (χ0n) is 12.0. The van der Waals surface area contributed by atoms with Crippen LogP contribution in [0.2, 0.25) is 0 Å². The molecule has 1 rings (SSSR count). The number of carbonyl (C=O) groups is 1. The molecule has 0 aliphatic heterocycles. The van der Waals surface area contributed by atoms with E-state index in [1.54, 1.807) is 0 Å². The van der Waals surface area contributed by atoms with Crippen LogP contribution in [-0.2, 0) is 11.2 Å². The van der Waals surface area contributed by atoms with Crippen molar-refractivity contribution in [1.29, 1.82) is 0 Å². The summed E-state index contributed by atoms with van der Waals surface area (Å²) < 4.78 is 0. The molecule has 0 aromatic heterocycles. The molecule has 1 unspecified atom stereocenters. The quantitative estimate of drug-likeness (QED) is 0.735. The van der Waals surface area contributed by atoms with Crippen molar-refractivity contribution in [2.75, 3.05) is 0 Å². The van der Waals surface area contributed by atoms with Gasteiger partial charge in [0.25, 0.3) is 0 Å². The average Bonchev–Trinajstić information content (AvgIpc) is 2.27. The first-order chi connectivity index (χ1) is 8.21. The van der Waals surface area contributed by atoms with Gasteiger partial charge in [0.1, 0.15) is 0 Å². The van der Waals surface area contributed by atoms with E-state index in [1.807, 2.05) is 20.8 Å². The number of carbonyl (C=O) groups excluding carboxylic acids is 1. The summed E-state index contributed by atoms with van der Waals surface area (Å²) in [4.78, 5) is 12.0. The van der Waals surface area contributed by atoms with Crippen molar-refractivity contribution < 1.29 is 4.79 Å². The molecular formula is C16H23BrO. The first-order valence-electron chi connectivity index (χ1n) is 6.49. The van der Waals surface area contributed by atoms with E-state index in [9.17, 15) is 4.79 Å². The number of ketones is 1. The molecule has 2 heteroatoms. The Labute approximate surface area is 119 Å². The minimum atomic E-state index is -0.288. The molecule has 0 aliphatic carbocycles. The Hall–Kier alpha value is -0.630. The molecule has 0 saturated carbocycles. The second-order valence-electron chi connectivity index (χ2n) is 6.19. The van der Waals surface area contributed by atoms with Crippen LogP contribution in [0.3, 0.4) is 0 Å². The zero-order chi connectivity index (χ0) is 13.9. The highest BCUT2D eigenvalue weighted by Gasteiger charge is 2.27. The Balaban J connectivity index is 2.79. The summed E-state index contributed by atoms with van der Waals surface area (Å²) in [5.41, 5.74) is 2.26. The smallest absolute Gasteiger partial charge is 0.152 e. The van der Waals surface area contributed by atoms with Crippen molar-refractivity contribution in [3.63, 3.8) is 0 Å². The van der Waals surface area contributed by atoms with Crippen LogP contribution in [0.15, 0.2) is 24.3 Å². The van der Waals surface area contributed by atoms with Crippen LogP contribution in [0.25, 0.3) is 0 Å². The fourth-order valence-corrected chi connectivity index (χ4v) is 2.91. The third kappa shape index (κ3) is 4.24. The van der Waals surface area contributed by atoms with Gasteiger partial charge in [0.05, 0.1) is 4.83 Å². The molecule has 100 valence electrons. The van der Waals surface area contributed by atoms with E-state index in [-0.39, 0.29) is 16.0 Å².